The number of esters is 1. The van der Waals surface area contributed by atoms with Gasteiger partial charge < -0.3 is 14.9 Å². The zero-order valence-electron chi connectivity index (χ0n) is 8.49. The third-order valence-electron chi connectivity index (χ3n) is 1.98. The molecule has 0 atom stereocenters. The molecule has 0 bridgehead atoms. The van der Waals surface area contributed by atoms with Crippen LogP contribution in [0.3, 0.4) is 0 Å². The van der Waals surface area contributed by atoms with Crippen LogP contribution in [0.4, 0.5) is 5.69 Å². The van der Waals surface area contributed by atoms with E-state index in [0.717, 1.165) is 9.58 Å². The minimum absolute atomic E-state index is 0.109. The first-order valence-electron chi connectivity index (χ1n) is 4.59. The third kappa shape index (κ3) is 1.59. The number of hydrogen-bond donors (Lipinski definition) is 1. The maximum absolute atomic E-state index is 11.4. The van der Waals surface area contributed by atoms with Crippen molar-refractivity contribution in [1.82, 2.24) is 0 Å². The maximum atomic E-state index is 11.4. The Kier molecular flexibility index (Phi) is 2.40. The minimum atomic E-state index is -0.504. The van der Waals surface area contributed by atoms with Crippen molar-refractivity contribution < 1.29 is 13.9 Å². The molecule has 0 aliphatic rings. The van der Waals surface area contributed by atoms with E-state index in [0.29, 0.717) is 17.9 Å². The van der Waals surface area contributed by atoms with Gasteiger partial charge in [-0.05, 0) is 19.9 Å². The van der Waals surface area contributed by atoms with Gasteiger partial charge in [-0.2, -0.15) is 0 Å². The summed E-state index contributed by atoms with van der Waals surface area (Å²) in [6, 6.07) is 1.86. The second-order valence-corrected chi connectivity index (χ2v) is 4.37. The number of carbonyl (C=O) groups excluding carboxylic acids is 1. The molecular formula is C10H11NO3S. The molecule has 2 aromatic rings. The van der Waals surface area contributed by atoms with Gasteiger partial charge in [0.05, 0.1) is 11.3 Å². The van der Waals surface area contributed by atoms with E-state index in [-0.39, 0.29) is 5.76 Å². The molecule has 0 aliphatic heterocycles. The molecule has 0 saturated carbocycles. The Bertz CT molecular complexity index is 512. The summed E-state index contributed by atoms with van der Waals surface area (Å²) in [5.41, 5.74) is 6.83. The lowest BCUT2D eigenvalue weighted by molar-refractivity contribution is 0.0494. The molecule has 4 nitrogen and oxygen atoms in total. The number of aryl methyl sites for hydroxylation is 1. The molecule has 0 fully saturated rings. The van der Waals surface area contributed by atoms with Crippen LogP contribution in [0.5, 0.6) is 0 Å². The van der Waals surface area contributed by atoms with Gasteiger partial charge in [0.15, 0.2) is 0 Å². The van der Waals surface area contributed by atoms with Crippen molar-refractivity contribution in [2.24, 2.45) is 0 Å². The molecular weight excluding hydrogens is 214 g/mol. The summed E-state index contributed by atoms with van der Waals surface area (Å²) in [6.45, 7) is 4.01. The molecule has 80 valence electrons. The monoisotopic (exact) mass is 225 g/mol. The van der Waals surface area contributed by atoms with Crippen molar-refractivity contribution in [3.05, 3.63) is 16.7 Å². The lowest BCUT2D eigenvalue weighted by atomic mass is 10.3. The van der Waals surface area contributed by atoms with Crippen LogP contribution in [-0.2, 0) is 4.74 Å². The van der Waals surface area contributed by atoms with Gasteiger partial charge in [0.25, 0.3) is 0 Å². The zero-order chi connectivity index (χ0) is 11.0. The van der Waals surface area contributed by atoms with Crippen molar-refractivity contribution in [3.63, 3.8) is 0 Å². The smallest absolute Gasteiger partial charge is 0.376 e. The number of nitrogen functional groups attached to an aromatic ring is 1. The highest BCUT2D eigenvalue weighted by Crippen LogP contribution is 2.35. The lowest BCUT2D eigenvalue weighted by Crippen LogP contribution is -2.05. The van der Waals surface area contributed by atoms with E-state index in [4.69, 9.17) is 14.9 Å². The van der Waals surface area contributed by atoms with E-state index in [9.17, 15) is 4.79 Å². The van der Waals surface area contributed by atoms with Crippen molar-refractivity contribution in [2.45, 2.75) is 13.8 Å². The molecule has 0 unspecified atom stereocenters. The molecule has 2 rings (SSSR count). The second kappa shape index (κ2) is 3.58. The van der Waals surface area contributed by atoms with Crippen LogP contribution in [0.1, 0.15) is 22.4 Å². The lowest BCUT2D eigenvalue weighted by Gasteiger charge is -1.98. The molecule has 0 aliphatic carbocycles. The fourth-order valence-electron chi connectivity index (χ4n) is 1.37. The summed E-state index contributed by atoms with van der Waals surface area (Å²) in [5, 5.41) is 0. The molecule has 0 saturated heterocycles. The van der Waals surface area contributed by atoms with Crippen molar-refractivity contribution >= 4 is 33.3 Å². The average Bonchev–Trinajstić information content (AvgIpc) is 2.66. The summed E-state index contributed by atoms with van der Waals surface area (Å²) in [7, 11) is 0. The average molecular weight is 225 g/mol. The summed E-state index contributed by atoms with van der Waals surface area (Å²) in [6.07, 6.45) is 0. The zero-order valence-corrected chi connectivity index (χ0v) is 9.31. The molecule has 0 aromatic carbocycles. The molecule has 0 radical (unpaired) electrons. The third-order valence-corrected chi connectivity index (χ3v) is 3.05. The number of furan rings is 1. The number of thiophene rings is 1. The Morgan fingerprint density at radius 2 is 2.40 bits per heavy atom. The Labute approximate surface area is 90.6 Å². The SMILES string of the molecule is CCOC(=O)c1oc2cc(C)sc2c1N. The Morgan fingerprint density at radius 1 is 1.67 bits per heavy atom. The van der Waals surface area contributed by atoms with Gasteiger partial charge >= 0.3 is 5.97 Å². The molecule has 2 aromatic heterocycles. The largest absolute Gasteiger partial charge is 0.460 e. The first kappa shape index (κ1) is 10.0. The fraction of sp³-hybridized carbons (Fsp3) is 0.300. The second-order valence-electron chi connectivity index (χ2n) is 3.12. The van der Waals surface area contributed by atoms with Crippen LogP contribution in [-0.4, -0.2) is 12.6 Å². The number of carbonyl (C=O) groups is 1. The van der Waals surface area contributed by atoms with E-state index in [1.807, 2.05) is 13.0 Å². The number of ether oxygens (including phenoxy) is 1. The summed E-state index contributed by atoms with van der Waals surface area (Å²) in [4.78, 5) is 12.5. The molecule has 0 spiro atoms. The van der Waals surface area contributed by atoms with Gasteiger partial charge in [-0.1, -0.05) is 0 Å². The highest BCUT2D eigenvalue weighted by atomic mass is 32.1. The van der Waals surface area contributed by atoms with Crippen LogP contribution in [0, 0.1) is 6.92 Å². The van der Waals surface area contributed by atoms with E-state index < -0.39 is 5.97 Å². The number of anilines is 1. The van der Waals surface area contributed by atoms with E-state index in [1.165, 1.54) is 11.3 Å². The van der Waals surface area contributed by atoms with E-state index in [1.54, 1.807) is 6.92 Å². The first-order chi connectivity index (χ1) is 7.13. The maximum Gasteiger partial charge on any atom is 0.376 e. The molecule has 15 heavy (non-hydrogen) atoms. The van der Waals surface area contributed by atoms with Crippen LogP contribution in [0.25, 0.3) is 10.3 Å². The number of rotatable bonds is 2. The van der Waals surface area contributed by atoms with Gasteiger partial charge in [0.2, 0.25) is 5.76 Å². The van der Waals surface area contributed by atoms with Crippen molar-refractivity contribution in [1.29, 1.82) is 0 Å². The molecule has 2 N–H and O–H groups in total. The summed E-state index contributed by atoms with van der Waals surface area (Å²) in [5.74, 6) is -0.394. The van der Waals surface area contributed by atoms with Gasteiger partial charge in [0, 0.05) is 4.88 Å². The Hall–Kier alpha value is -1.49. The van der Waals surface area contributed by atoms with Crippen LogP contribution in [0.15, 0.2) is 10.5 Å². The number of fused-ring (bicyclic) bond motifs is 1. The Balaban J connectivity index is 2.49. The quantitative estimate of drug-likeness (QED) is 0.798. The highest BCUT2D eigenvalue weighted by Gasteiger charge is 2.20. The topological polar surface area (TPSA) is 65.5 Å². The standard InChI is InChI=1S/C10H11NO3S/c1-3-13-10(12)8-7(11)9-6(14-8)4-5(2)15-9/h4H,3,11H2,1-2H3. The van der Waals surface area contributed by atoms with Gasteiger partial charge in [-0.3, -0.25) is 0 Å². The Morgan fingerprint density at radius 3 is 3.00 bits per heavy atom. The molecule has 2 heterocycles. The molecule has 5 heteroatoms. The summed E-state index contributed by atoms with van der Waals surface area (Å²) < 4.78 is 11.0. The van der Waals surface area contributed by atoms with E-state index >= 15 is 0 Å². The van der Waals surface area contributed by atoms with Gasteiger partial charge in [-0.25, -0.2) is 4.79 Å². The normalized spacial score (nSPS) is 10.8. The predicted octanol–water partition coefficient (Wildman–Crippen LogP) is 2.56. The van der Waals surface area contributed by atoms with E-state index in [2.05, 4.69) is 0 Å². The fourth-order valence-corrected chi connectivity index (χ4v) is 2.26. The summed E-state index contributed by atoms with van der Waals surface area (Å²) >= 11 is 1.51. The van der Waals surface area contributed by atoms with Crippen molar-refractivity contribution in [2.75, 3.05) is 12.3 Å². The number of hydrogen-bond acceptors (Lipinski definition) is 5. The van der Waals surface area contributed by atoms with Crippen LogP contribution < -0.4 is 5.73 Å². The minimum Gasteiger partial charge on any atom is -0.460 e. The highest BCUT2D eigenvalue weighted by molar-refractivity contribution is 7.19. The first-order valence-corrected chi connectivity index (χ1v) is 5.40. The van der Waals surface area contributed by atoms with Gasteiger partial charge in [-0.15, -0.1) is 11.3 Å². The van der Waals surface area contributed by atoms with Gasteiger partial charge in [0.1, 0.15) is 11.3 Å². The molecule has 0 amide bonds. The van der Waals surface area contributed by atoms with Crippen LogP contribution in [0.2, 0.25) is 0 Å². The van der Waals surface area contributed by atoms with Crippen LogP contribution >= 0.6 is 11.3 Å². The van der Waals surface area contributed by atoms with Crippen molar-refractivity contribution in [3.8, 4) is 0 Å². The number of nitrogens with two attached hydrogens (primary N) is 1. The predicted molar refractivity (Wildman–Crippen MR) is 59.2 cm³/mol.